The number of ether oxygens (including phenoxy) is 2. The van der Waals surface area contributed by atoms with Crippen molar-refractivity contribution in [2.45, 2.75) is 44.4 Å². The van der Waals surface area contributed by atoms with Gasteiger partial charge in [0, 0.05) is 43.7 Å². The molecular formula is C15H22N4O2. The van der Waals surface area contributed by atoms with Crippen LogP contribution in [0.25, 0.3) is 0 Å². The second-order valence-corrected chi connectivity index (χ2v) is 6.20. The Morgan fingerprint density at radius 3 is 2.57 bits per heavy atom. The molecule has 1 N–H and O–H groups in total. The Kier molecular flexibility index (Phi) is 3.23. The summed E-state index contributed by atoms with van der Waals surface area (Å²) in [6.45, 7) is 5.31. The summed E-state index contributed by atoms with van der Waals surface area (Å²) < 4.78 is 11.6. The van der Waals surface area contributed by atoms with Crippen LogP contribution >= 0.6 is 0 Å². The van der Waals surface area contributed by atoms with Crippen molar-refractivity contribution < 1.29 is 9.47 Å². The van der Waals surface area contributed by atoms with Gasteiger partial charge >= 0.3 is 0 Å². The van der Waals surface area contributed by atoms with Gasteiger partial charge in [0.15, 0.2) is 5.79 Å². The van der Waals surface area contributed by atoms with Gasteiger partial charge in [0.25, 0.3) is 0 Å². The van der Waals surface area contributed by atoms with Crippen molar-refractivity contribution in [1.82, 2.24) is 9.97 Å². The van der Waals surface area contributed by atoms with E-state index in [0.717, 1.165) is 56.6 Å². The lowest BCUT2D eigenvalue weighted by Gasteiger charge is -2.38. The number of piperidine rings is 1. The van der Waals surface area contributed by atoms with Crippen LogP contribution < -0.4 is 10.2 Å². The van der Waals surface area contributed by atoms with Crippen molar-refractivity contribution in [3.05, 3.63) is 11.8 Å². The predicted octanol–water partition coefficient (Wildman–Crippen LogP) is 1.70. The molecule has 0 bridgehead atoms. The normalized spacial score (nSPS) is 24.5. The van der Waals surface area contributed by atoms with Gasteiger partial charge in [0.2, 0.25) is 5.95 Å². The van der Waals surface area contributed by atoms with E-state index in [0.29, 0.717) is 6.04 Å². The first-order valence-electron chi connectivity index (χ1n) is 7.88. The van der Waals surface area contributed by atoms with Crippen LogP contribution in [0.4, 0.5) is 11.8 Å². The molecule has 114 valence electrons. The number of rotatable bonds is 3. The summed E-state index contributed by atoms with van der Waals surface area (Å²) in [5.74, 6) is 1.45. The van der Waals surface area contributed by atoms with Crippen molar-refractivity contribution in [3.63, 3.8) is 0 Å². The second kappa shape index (κ2) is 5.10. The Labute approximate surface area is 124 Å². The molecule has 0 radical (unpaired) electrons. The standard InChI is InChI=1S/C15H22N4O2/c1-11-10-13(18-14(16-11)17-12-2-3-12)19-6-4-15(5-7-19)20-8-9-21-15/h10,12H,2-9H2,1H3,(H,16,17,18). The third kappa shape index (κ3) is 2.82. The smallest absolute Gasteiger partial charge is 0.225 e. The molecule has 1 saturated carbocycles. The topological polar surface area (TPSA) is 59.5 Å². The van der Waals surface area contributed by atoms with Gasteiger partial charge in [-0.25, -0.2) is 4.98 Å². The predicted molar refractivity (Wildman–Crippen MR) is 79.5 cm³/mol. The third-order valence-electron chi connectivity index (χ3n) is 4.41. The molecule has 1 spiro atoms. The molecule has 3 heterocycles. The minimum absolute atomic E-state index is 0.326. The van der Waals surface area contributed by atoms with Gasteiger partial charge in [-0.2, -0.15) is 4.98 Å². The number of hydrogen-bond donors (Lipinski definition) is 1. The van der Waals surface area contributed by atoms with Crippen LogP contribution in [0, 0.1) is 6.92 Å². The zero-order valence-corrected chi connectivity index (χ0v) is 12.5. The summed E-state index contributed by atoms with van der Waals surface area (Å²) in [6.07, 6.45) is 4.27. The lowest BCUT2D eigenvalue weighted by atomic mass is 10.0. The molecule has 0 unspecified atom stereocenters. The molecule has 0 amide bonds. The van der Waals surface area contributed by atoms with Crippen LogP contribution in [0.1, 0.15) is 31.4 Å². The number of nitrogens with one attached hydrogen (secondary N) is 1. The summed E-state index contributed by atoms with van der Waals surface area (Å²) >= 11 is 0. The molecule has 1 aromatic heterocycles. The van der Waals surface area contributed by atoms with Crippen molar-refractivity contribution >= 4 is 11.8 Å². The van der Waals surface area contributed by atoms with Gasteiger partial charge in [0.05, 0.1) is 13.2 Å². The van der Waals surface area contributed by atoms with Crippen LogP contribution in [0.3, 0.4) is 0 Å². The van der Waals surface area contributed by atoms with Crippen molar-refractivity contribution in [2.24, 2.45) is 0 Å². The minimum Gasteiger partial charge on any atom is -0.356 e. The Morgan fingerprint density at radius 2 is 1.90 bits per heavy atom. The molecule has 21 heavy (non-hydrogen) atoms. The molecule has 2 saturated heterocycles. The molecule has 6 heteroatoms. The van der Waals surface area contributed by atoms with Crippen LogP contribution in [-0.4, -0.2) is 48.1 Å². The first kappa shape index (κ1) is 13.3. The van der Waals surface area contributed by atoms with E-state index in [2.05, 4.69) is 26.3 Å². The largest absolute Gasteiger partial charge is 0.356 e. The average molecular weight is 290 g/mol. The van der Waals surface area contributed by atoms with Crippen LogP contribution in [0.2, 0.25) is 0 Å². The maximum Gasteiger partial charge on any atom is 0.225 e. The van der Waals surface area contributed by atoms with Crippen molar-refractivity contribution in [3.8, 4) is 0 Å². The molecule has 4 rings (SSSR count). The zero-order chi connectivity index (χ0) is 14.3. The second-order valence-electron chi connectivity index (χ2n) is 6.20. The Hall–Kier alpha value is -1.40. The molecular weight excluding hydrogens is 268 g/mol. The monoisotopic (exact) mass is 290 g/mol. The van der Waals surface area contributed by atoms with Crippen LogP contribution in [-0.2, 0) is 9.47 Å². The van der Waals surface area contributed by atoms with E-state index in [1.165, 1.54) is 12.8 Å². The number of nitrogens with zero attached hydrogens (tertiary/aromatic N) is 3. The fourth-order valence-electron chi connectivity index (χ4n) is 3.05. The fourth-order valence-corrected chi connectivity index (χ4v) is 3.05. The molecule has 6 nitrogen and oxygen atoms in total. The molecule has 1 aliphatic carbocycles. The number of aromatic nitrogens is 2. The van der Waals surface area contributed by atoms with Gasteiger partial charge in [-0.05, 0) is 19.8 Å². The van der Waals surface area contributed by atoms with Gasteiger partial charge < -0.3 is 19.7 Å². The van der Waals surface area contributed by atoms with Gasteiger partial charge in [-0.3, -0.25) is 0 Å². The summed E-state index contributed by atoms with van der Waals surface area (Å²) in [5, 5.41) is 3.39. The highest BCUT2D eigenvalue weighted by atomic mass is 16.7. The van der Waals surface area contributed by atoms with Crippen molar-refractivity contribution in [1.29, 1.82) is 0 Å². The molecule has 0 aromatic carbocycles. The van der Waals surface area contributed by atoms with E-state index in [1.54, 1.807) is 0 Å². The average Bonchev–Trinajstić information content (AvgIpc) is 3.17. The Balaban J connectivity index is 1.47. The minimum atomic E-state index is -0.326. The lowest BCUT2D eigenvalue weighted by Crippen LogP contribution is -2.45. The fraction of sp³-hybridized carbons (Fsp3) is 0.733. The van der Waals surface area contributed by atoms with Crippen LogP contribution in [0.5, 0.6) is 0 Å². The summed E-state index contributed by atoms with van der Waals surface area (Å²) in [6, 6.07) is 2.64. The Morgan fingerprint density at radius 1 is 1.19 bits per heavy atom. The van der Waals surface area contributed by atoms with Crippen LogP contribution in [0.15, 0.2) is 6.07 Å². The van der Waals surface area contributed by atoms with E-state index in [4.69, 9.17) is 9.47 Å². The first-order chi connectivity index (χ1) is 10.2. The van der Waals surface area contributed by atoms with E-state index < -0.39 is 0 Å². The highest BCUT2D eigenvalue weighted by Gasteiger charge is 2.40. The quantitative estimate of drug-likeness (QED) is 0.914. The SMILES string of the molecule is Cc1cc(N2CCC3(CC2)OCCO3)nc(NC2CC2)n1. The van der Waals surface area contributed by atoms with Gasteiger partial charge in [-0.1, -0.05) is 0 Å². The zero-order valence-electron chi connectivity index (χ0n) is 12.5. The van der Waals surface area contributed by atoms with E-state index in [9.17, 15) is 0 Å². The molecule has 2 aliphatic heterocycles. The first-order valence-corrected chi connectivity index (χ1v) is 7.88. The third-order valence-corrected chi connectivity index (χ3v) is 4.41. The summed E-state index contributed by atoms with van der Waals surface area (Å²) in [7, 11) is 0. The van der Waals surface area contributed by atoms with E-state index in [-0.39, 0.29) is 5.79 Å². The van der Waals surface area contributed by atoms with E-state index >= 15 is 0 Å². The maximum atomic E-state index is 5.78. The summed E-state index contributed by atoms with van der Waals surface area (Å²) in [4.78, 5) is 11.5. The molecule has 0 atom stereocenters. The van der Waals surface area contributed by atoms with Gasteiger partial charge in [-0.15, -0.1) is 0 Å². The molecule has 1 aromatic rings. The van der Waals surface area contributed by atoms with E-state index in [1.807, 2.05) is 6.92 Å². The lowest BCUT2D eigenvalue weighted by molar-refractivity contribution is -0.169. The summed E-state index contributed by atoms with van der Waals surface area (Å²) in [5.41, 5.74) is 1.01. The maximum absolute atomic E-state index is 5.78. The highest BCUT2D eigenvalue weighted by Crippen LogP contribution is 2.33. The Bertz CT molecular complexity index is 516. The highest BCUT2D eigenvalue weighted by molar-refractivity contribution is 5.46. The molecule has 3 aliphatic rings. The molecule has 3 fully saturated rings. The number of hydrogen-bond acceptors (Lipinski definition) is 6. The number of anilines is 2. The van der Waals surface area contributed by atoms with Gasteiger partial charge in [0.1, 0.15) is 5.82 Å². The van der Waals surface area contributed by atoms with Crippen molar-refractivity contribution in [2.75, 3.05) is 36.5 Å². The number of aryl methyl sites for hydroxylation is 1.